The first-order valence-corrected chi connectivity index (χ1v) is 7.09. The van der Waals surface area contributed by atoms with Crippen LogP contribution in [-0.2, 0) is 11.2 Å². The summed E-state index contributed by atoms with van der Waals surface area (Å²) < 4.78 is 0. The van der Waals surface area contributed by atoms with Gasteiger partial charge in [-0.05, 0) is 56.0 Å². The largest absolute Gasteiger partial charge is 0.398 e. The lowest BCUT2D eigenvalue weighted by molar-refractivity contribution is -0.115. The van der Waals surface area contributed by atoms with E-state index in [0.29, 0.717) is 12.1 Å². The molecule has 2 aromatic rings. The van der Waals surface area contributed by atoms with Crippen LogP contribution in [0.25, 0.3) is 0 Å². The Morgan fingerprint density at radius 2 is 1.71 bits per heavy atom. The van der Waals surface area contributed by atoms with Crippen molar-refractivity contribution in [3.8, 4) is 0 Å². The molecule has 0 bridgehead atoms. The van der Waals surface area contributed by atoms with Crippen molar-refractivity contribution in [3.05, 3.63) is 58.1 Å². The second-order valence-electron chi connectivity index (χ2n) is 5.68. The quantitative estimate of drug-likeness (QED) is 0.844. The Bertz CT molecular complexity index is 690. The molecule has 0 heterocycles. The summed E-state index contributed by atoms with van der Waals surface area (Å²) in [5, 5.41) is 2.95. The maximum Gasteiger partial charge on any atom is 0.228 e. The molecule has 0 aliphatic rings. The number of nitrogens with one attached hydrogen (secondary N) is 1. The van der Waals surface area contributed by atoms with Crippen molar-refractivity contribution >= 4 is 17.3 Å². The van der Waals surface area contributed by atoms with E-state index < -0.39 is 0 Å². The maximum absolute atomic E-state index is 12.2. The average molecular weight is 282 g/mol. The summed E-state index contributed by atoms with van der Waals surface area (Å²) in [6.07, 6.45) is 0.376. The molecule has 2 rings (SSSR count). The Morgan fingerprint density at radius 1 is 1.00 bits per heavy atom. The average Bonchev–Trinajstić information content (AvgIpc) is 2.40. The Balaban J connectivity index is 2.15. The van der Waals surface area contributed by atoms with Crippen LogP contribution >= 0.6 is 0 Å². The second-order valence-corrected chi connectivity index (χ2v) is 5.68. The molecule has 0 fully saturated rings. The lowest BCUT2D eigenvalue weighted by Gasteiger charge is -2.12. The fourth-order valence-corrected chi connectivity index (χ4v) is 2.36. The molecular weight excluding hydrogens is 260 g/mol. The van der Waals surface area contributed by atoms with E-state index in [0.717, 1.165) is 27.9 Å². The van der Waals surface area contributed by atoms with Crippen molar-refractivity contribution in [1.82, 2.24) is 0 Å². The topological polar surface area (TPSA) is 55.1 Å². The Kier molecular flexibility index (Phi) is 4.32. The fourth-order valence-electron chi connectivity index (χ4n) is 2.36. The highest BCUT2D eigenvalue weighted by atomic mass is 16.1. The number of aryl methyl sites for hydroxylation is 4. The molecule has 0 saturated carbocycles. The molecule has 0 aliphatic heterocycles. The number of hydrogen-bond donors (Lipinski definition) is 2. The Morgan fingerprint density at radius 3 is 2.43 bits per heavy atom. The Hall–Kier alpha value is -2.29. The molecule has 3 heteroatoms. The third-order valence-electron chi connectivity index (χ3n) is 3.74. The van der Waals surface area contributed by atoms with Crippen LogP contribution in [-0.4, -0.2) is 5.91 Å². The van der Waals surface area contributed by atoms with Crippen LogP contribution < -0.4 is 11.1 Å². The highest BCUT2D eigenvalue weighted by molar-refractivity contribution is 5.93. The molecule has 3 N–H and O–H groups in total. The zero-order chi connectivity index (χ0) is 15.6. The van der Waals surface area contributed by atoms with Gasteiger partial charge in [-0.2, -0.15) is 0 Å². The monoisotopic (exact) mass is 282 g/mol. The second kappa shape index (κ2) is 6.00. The minimum atomic E-state index is -0.0185. The summed E-state index contributed by atoms with van der Waals surface area (Å²) in [6.45, 7) is 7.99. The number of nitrogen functional groups attached to an aromatic ring is 1. The Labute approximate surface area is 126 Å². The number of benzene rings is 2. The molecular formula is C18H22N2O. The van der Waals surface area contributed by atoms with Crippen molar-refractivity contribution < 1.29 is 4.79 Å². The van der Waals surface area contributed by atoms with E-state index in [1.54, 1.807) is 0 Å². The molecule has 0 spiro atoms. The van der Waals surface area contributed by atoms with E-state index in [9.17, 15) is 4.79 Å². The molecule has 1 amide bonds. The SMILES string of the molecule is Cc1ccc(C)c(CC(=O)Nc2cc(N)c(C)cc2C)c1. The van der Waals surface area contributed by atoms with Crippen LogP contribution in [0.15, 0.2) is 30.3 Å². The van der Waals surface area contributed by atoms with Gasteiger partial charge in [0.25, 0.3) is 0 Å². The van der Waals surface area contributed by atoms with Gasteiger partial charge in [-0.1, -0.05) is 29.8 Å². The highest BCUT2D eigenvalue weighted by Gasteiger charge is 2.09. The van der Waals surface area contributed by atoms with E-state index in [1.807, 2.05) is 45.9 Å². The van der Waals surface area contributed by atoms with Gasteiger partial charge < -0.3 is 11.1 Å². The number of carbonyl (C=O) groups excluding carboxylic acids is 1. The molecule has 3 nitrogen and oxygen atoms in total. The number of rotatable bonds is 3. The van der Waals surface area contributed by atoms with Crippen molar-refractivity contribution in [1.29, 1.82) is 0 Å². The summed E-state index contributed by atoms with van der Waals surface area (Å²) in [5.41, 5.74) is 12.8. The van der Waals surface area contributed by atoms with Gasteiger partial charge in [0.15, 0.2) is 0 Å². The van der Waals surface area contributed by atoms with Crippen LogP contribution in [0.5, 0.6) is 0 Å². The third kappa shape index (κ3) is 3.63. The first-order chi connectivity index (χ1) is 9.86. The molecule has 0 saturated heterocycles. The molecule has 2 aromatic carbocycles. The molecule has 0 aliphatic carbocycles. The van der Waals surface area contributed by atoms with Gasteiger partial charge in [0.05, 0.1) is 6.42 Å². The standard InChI is InChI=1S/C18H22N2O/c1-11-5-6-12(2)15(7-11)9-18(21)20-17-10-16(19)13(3)8-14(17)4/h5-8,10H,9,19H2,1-4H3,(H,20,21). The molecule has 0 unspecified atom stereocenters. The van der Waals surface area contributed by atoms with Crippen LogP contribution in [0.3, 0.4) is 0 Å². The van der Waals surface area contributed by atoms with E-state index >= 15 is 0 Å². The summed E-state index contributed by atoms with van der Waals surface area (Å²) in [4.78, 5) is 12.2. The van der Waals surface area contributed by atoms with E-state index in [4.69, 9.17) is 5.73 Å². The lowest BCUT2D eigenvalue weighted by atomic mass is 10.0. The number of hydrogen-bond acceptors (Lipinski definition) is 2. The molecule has 110 valence electrons. The number of nitrogens with two attached hydrogens (primary N) is 1. The van der Waals surface area contributed by atoms with E-state index in [2.05, 4.69) is 17.4 Å². The van der Waals surface area contributed by atoms with Gasteiger partial charge in [-0.15, -0.1) is 0 Å². The molecule has 0 atom stereocenters. The molecule has 21 heavy (non-hydrogen) atoms. The smallest absolute Gasteiger partial charge is 0.228 e. The molecule has 0 aromatic heterocycles. The van der Waals surface area contributed by atoms with E-state index in [-0.39, 0.29) is 5.91 Å². The first kappa shape index (κ1) is 15.1. The highest BCUT2D eigenvalue weighted by Crippen LogP contribution is 2.22. The maximum atomic E-state index is 12.2. The molecule has 0 radical (unpaired) electrons. The van der Waals surface area contributed by atoms with Gasteiger partial charge in [-0.3, -0.25) is 4.79 Å². The van der Waals surface area contributed by atoms with Gasteiger partial charge in [0, 0.05) is 11.4 Å². The summed E-state index contributed by atoms with van der Waals surface area (Å²) in [7, 11) is 0. The van der Waals surface area contributed by atoms with Crippen molar-refractivity contribution in [3.63, 3.8) is 0 Å². The van der Waals surface area contributed by atoms with Crippen molar-refractivity contribution in [2.45, 2.75) is 34.1 Å². The number of amides is 1. The van der Waals surface area contributed by atoms with Crippen molar-refractivity contribution in [2.75, 3.05) is 11.1 Å². The third-order valence-corrected chi connectivity index (χ3v) is 3.74. The summed E-state index contributed by atoms with van der Waals surface area (Å²) in [5.74, 6) is -0.0185. The normalized spacial score (nSPS) is 10.5. The van der Waals surface area contributed by atoms with Crippen molar-refractivity contribution in [2.24, 2.45) is 0 Å². The minimum absolute atomic E-state index is 0.0185. The van der Waals surface area contributed by atoms with Gasteiger partial charge in [0.2, 0.25) is 5.91 Å². The predicted molar refractivity (Wildman–Crippen MR) is 88.6 cm³/mol. The van der Waals surface area contributed by atoms with Crippen LogP contribution in [0.2, 0.25) is 0 Å². The van der Waals surface area contributed by atoms with Gasteiger partial charge >= 0.3 is 0 Å². The first-order valence-electron chi connectivity index (χ1n) is 7.09. The fraction of sp³-hybridized carbons (Fsp3) is 0.278. The number of anilines is 2. The van der Waals surface area contributed by atoms with Gasteiger partial charge in [-0.25, -0.2) is 0 Å². The zero-order valence-electron chi connectivity index (χ0n) is 13.1. The zero-order valence-corrected chi connectivity index (χ0v) is 13.1. The van der Waals surface area contributed by atoms with E-state index in [1.165, 1.54) is 5.56 Å². The van der Waals surface area contributed by atoms with Crippen LogP contribution in [0.4, 0.5) is 11.4 Å². The number of carbonyl (C=O) groups is 1. The minimum Gasteiger partial charge on any atom is -0.398 e. The summed E-state index contributed by atoms with van der Waals surface area (Å²) in [6, 6.07) is 9.98. The van der Waals surface area contributed by atoms with Gasteiger partial charge in [0.1, 0.15) is 0 Å². The summed E-state index contributed by atoms with van der Waals surface area (Å²) >= 11 is 0. The lowest BCUT2D eigenvalue weighted by Crippen LogP contribution is -2.16. The predicted octanol–water partition coefficient (Wildman–Crippen LogP) is 3.68. The van der Waals surface area contributed by atoms with Crippen LogP contribution in [0.1, 0.15) is 27.8 Å². The van der Waals surface area contributed by atoms with Crippen LogP contribution in [0, 0.1) is 27.7 Å².